The number of rotatable bonds is 8. The average molecular weight is 208 g/mol. The second-order valence-electron chi connectivity index (χ2n) is 4.23. The Bertz CT molecular complexity index is 255. The molecule has 0 amide bonds. The maximum absolute atomic E-state index is 5.25. The van der Waals surface area contributed by atoms with E-state index in [2.05, 4.69) is 10.6 Å². The average Bonchev–Trinajstić information content (AvgIpc) is 2.92. The Kier molecular flexibility index (Phi) is 4.23. The highest BCUT2D eigenvalue weighted by atomic mass is 16.3. The lowest BCUT2D eigenvalue weighted by Crippen LogP contribution is -2.29. The third-order valence-electron chi connectivity index (χ3n) is 2.74. The van der Waals surface area contributed by atoms with Crippen LogP contribution < -0.4 is 10.6 Å². The fourth-order valence-electron chi connectivity index (χ4n) is 1.60. The molecular weight excluding hydrogens is 188 g/mol. The maximum atomic E-state index is 5.25. The number of hydrogen-bond donors (Lipinski definition) is 2. The highest BCUT2D eigenvalue weighted by Crippen LogP contribution is 2.27. The molecule has 0 unspecified atom stereocenters. The van der Waals surface area contributed by atoms with Crippen LogP contribution in [0, 0.1) is 5.92 Å². The Hall–Kier alpha value is -0.800. The molecule has 0 aliphatic heterocycles. The minimum Gasteiger partial charge on any atom is -0.469 e. The van der Waals surface area contributed by atoms with Gasteiger partial charge in [0.05, 0.1) is 6.26 Å². The Morgan fingerprint density at radius 3 is 2.80 bits per heavy atom. The van der Waals surface area contributed by atoms with Crippen LogP contribution in [0.15, 0.2) is 22.8 Å². The normalized spacial score (nSPS) is 15.7. The van der Waals surface area contributed by atoms with Crippen LogP contribution >= 0.6 is 0 Å². The van der Waals surface area contributed by atoms with Crippen molar-refractivity contribution in [3.8, 4) is 0 Å². The first kappa shape index (κ1) is 10.7. The second-order valence-corrected chi connectivity index (χ2v) is 4.23. The Labute approximate surface area is 91.2 Å². The molecule has 0 saturated heterocycles. The van der Waals surface area contributed by atoms with E-state index < -0.39 is 0 Å². The van der Waals surface area contributed by atoms with Crippen molar-refractivity contribution < 1.29 is 4.42 Å². The second kappa shape index (κ2) is 5.93. The van der Waals surface area contributed by atoms with Crippen molar-refractivity contribution in [3.63, 3.8) is 0 Å². The molecule has 0 bridgehead atoms. The smallest absolute Gasteiger partial charge is 0.105 e. The molecule has 1 fully saturated rings. The molecule has 3 heteroatoms. The van der Waals surface area contributed by atoms with Crippen LogP contribution in [0.2, 0.25) is 0 Å². The predicted molar refractivity (Wildman–Crippen MR) is 60.9 cm³/mol. The highest BCUT2D eigenvalue weighted by molar-refractivity contribution is 4.98. The summed E-state index contributed by atoms with van der Waals surface area (Å²) in [7, 11) is 0. The van der Waals surface area contributed by atoms with Crippen LogP contribution in [0.3, 0.4) is 0 Å². The number of nitrogens with one attached hydrogen (secondary N) is 2. The highest BCUT2D eigenvalue weighted by Gasteiger charge is 2.19. The van der Waals surface area contributed by atoms with Gasteiger partial charge in [0.1, 0.15) is 5.76 Å². The molecule has 0 atom stereocenters. The van der Waals surface area contributed by atoms with Crippen LogP contribution in [0.25, 0.3) is 0 Å². The predicted octanol–water partition coefficient (Wildman–Crippen LogP) is 1.41. The molecule has 3 nitrogen and oxygen atoms in total. The first-order valence-electron chi connectivity index (χ1n) is 5.89. The number of hydrogen-bond acceptors (Lipinski definition) is 3. The van der Waals surface area contributed by atoms with Gasteiger partial charge in [-0.05, 0) is 37.4 Å². The third-order valence-corrected chi connectivity index (χ3v) is 2.74. The van der Waals surface area contributed by atoms with Crippen molar-refractivity contribution in [2.75, 3.05) is 26.2 Å². The van der Waals surface area contributed by atoms with E-state index in [0.29, 0.717) is 0 Å². The van der Waals surface area contributed by atoms with E-state index in [1.807, 2.05) is 12.1 Å². The number of furan rings is 1. The molecule has 15 heavy (non-hydrogen) atoms. The summed E-state index contributed by atoms with van der Waals surface area (Å²) >= 11 is 0. The minimum atomic E-state index is 0.980. The van der Waals surface area contributed by atoms with Crippen LogP contribution in [0.1, 0.15) is 18.6 Å². The topological polar surface area (TPSA) is 37.2 Å². The lowest BCUT2D eigenvalue weighted by Gasteiger charge is -2.04. The molecule has 0 aromatic carbocycles. The molecule has 1 saturated carbocycles. The summed E-state index contributed by atoms with van der Waals surface area (Å²) in [4.78, 5) is 0. The molecule has 1 heterocycles. The lowest BCUT2D eigenvalue weighted by molar-refractivity contribution is 0.496. The van der Waals surface area contributed by atoms with E-state index in [9.17, 15) is 0 Å². The zero-order valence-corrected chi connectivity index (χ0v) is 9.17. The van der Waals surface area contributed by atoms with Gasteiger partial charge in [-0.2, -0.15) is 0 Å². The molecule has 84 valence electrons. The van der Waals surface area contributed by atoms with Crippen LogP contribution in [-0.2, 0) is 6.42 Å². The lowest BCUT2D eigenvalue weighted by atomic mass is 10.3. The van der Waals surface area contributed by atoms with Gasteiger partial charge in [-0.1, -0.05) is 0 Å². The Morgan fingerprint density at radius 1 is 1.20 bits per heavy atom. The molecule has 0 radical (unpaired) electrons. The summed E-state index contributed by atoms with van der Waals surface area (Å²) in [5.41, 5.74) is 0. The van der Waals surface area contributed by atoms with Crippen molar-refractivity contribution in [1.29, 1.82) is 0 Å². The molecule has 1 aromatic heterocycles. The van der Waals surface area contributed by atoms with Crippen molar-refractivity contribution in [3.05, 3.63) is 24.2 Å². The van der Waals surface area contributed by atoms with Gasteiger partial charge in [-0.3, -0.25) is 0 Å². The molecule has 2 N–H and O–H groups in total. The molecular formula is C12H20N2O. The van der Waals surface area contributed by atoms with E-state index >= 15 is 0 Å². The minimum absolute atomic E-state index is 0.980. The summed E-state index contributed by atoms with van der Waals surface area (Å²) < 4.78 is 5.25. The van der Waals surface area contributed by atoms with E-state index in [-0.39, 0.29) is 0 Å². The van der Waals surface area contributed by atoms with Crippen molar-refractivity contribution in [1.82, 2.24) is 10.6 Å². The molecule has 1 aromatic rings. The van der Waals surface area contributed by atoms with Gasteiger partial charge in [-0.15, -0.1) is 0 Å². The van der Waals surface area contributed by atoms with E-state index in [1.165, 1.54) is 19.4 Å². The van der Waals surface area contributed by atoms with Crippen molar-refractivity contribution in [2.24, 2.45) is 5.92 Å². The SMILES string of the molecule is c1coc(CCNCCNCC2CC2)c1. The van der Waals surface area contributed by atoms with E-state index in [0.717, 1.165) is 37.7 Å². The fraction of sp³-hybridized carbons (Fsp3) is 0.667. The summed E-state index contributed by atoms with van der Waals surface area (Å²) in [6, 6.07) is 3.96. The zero-order valence-electron chi connectivity index (χ0n) is 9.17. The van der Waals surface area contributed by atoms with Gasteiger partial charge in [0.15, 0.2) is 0 Å². The molecule has 1 aliphatic rings. The Balaban J connectivity index is 1.38. The van der Waals surface area contributed by atoms with Gasteiger partial charge in [0, 0.05) is 26.1 Å². The van der Waals surface area contributed by atoms with Gasteiger partial charge >= 0.3 is 0 Å². The Morgan fingerprint density at radius 2 is 2.07 bits per heavy atom. The maximum Gasteiger partial charge on any atom is 0.105 e. The monoisotopic (exact) mass is 208 g/mol. The fourth-order valence-corrected chi connectivity index (χ4v) is 1.60. The largest absolute Gasteiger partial charge is 0.469 e. The van der Waals surface area contributed by atoms with Crippen LogP contribution in [-0.4, -0.2) is 26.2 Å². The van der Waals surface area contributed by atoms with Crippen LogP contribution in [0.4, 0.5) is 0 Å². The standard InChI is InChI=1S/C12H20N2O/c1-2-12(15-9-1)5-6-13-7-8-14-10-11-3-4-11/h1-2,9,11,13-14H,3-8,10H2. The first-order valence-corrected chi connectivity index (χ1v) is 5.89. The van der Waals surface area contributed by atoms with Crippen molar-refractivity contribution >= 4 is 0 Å². The molecule has 2 rings (SSSR count). The first-order chi connectivity index (χ1) is 7.45. The summed E-state index contributed by atoms with van der Waals surface area (Å²) in [5.74, 6) is 2.04. The van der Waals surface area contributed by atoms with Crippen LogP contribution in [0.5, 0.6) is 0 Å². The summed E-state index contributed by atoms with van der Waals surface area (Å²) in [5, 5.41) is 6.85. The van der Waals surface area contributed by atoms with E-state index in [4.69, 9.17) is 4.42 Å². The zero-order chi connectivity index (χ0) is 10.3. The van der Waals surface area contributed by atoms with Gasteiger partial charge in [0.2, 0.25) is 0 Å². The van der Waals surface area contributed by atoms with Gasteiger partial charge < -0.3 is 15.1 Å². The third kappa shape index (κ3) is 4.49. The van der Waals surface area contributed by atoms with E-state index in [1.54, 1.807) is 6.26 Å². The molecule has 1 aliphatic carbocycles. The quantitative estimate of drug-likeness (QED) is 0.634. The van der Waals surface area contributed by atoms with Gasteiger partial charge in [-0.25, -0.2) is 0 Å². The van der Waals surface area contributed by atoms with Crippen molar-refractivity contribution in [2.45, 2.75) is 19.3 Å². The molecule has 0 spiro atoms. The van der Waals surface area contributed by atoms with Gasteiger partial charge in [0.25, 0.3) is 0 Å². The summed E-state index contributed by atoms with van der Waals surface area (Å²) in [6.45, 7) is 4.33. The summed E-state index contributed by atoms with van der Waals surface area (Å²) in [6.07, 6.45) is 5.57.